The SMILES string of the molecule is COC(=O)C1(CO)CCCCCN1Cc1c(OC)cc(/C=C/c2cccc(-c3ccccc3)c2C)cc1OC. The van der Waals surface area contributed by atoms with E-state index in [9.17, 15) is 9.90 Å². The lowest BCUT2D eigenvalue weighted by Crippen LogP contribution is -2.57. The van der Waals surface area contributed by atoms with E-state index >= 15 is 0 Å². The van der Waals surface area contributed by atoms with E-state index in [1.54, 1.807) is 14.2 Å². The van der Waals surface area contributed by atoms with Crippen LogP contribution in [-0.4, -0.2) is 56.0 Å². The van der Waals surface area contributed by atoms with E-state index < -0.39 is 11.5 Å². The monoisotopic (exact) mass is 529 g/mol. The average molecular weight is 530 g/mol. The standard InChI is InChI=1S/C33H39NO5/c1-24-26(14-11-15-28(24)27-12-7-5-8-13-27)17-16-25-20-30(37-2)29(31(21-25)38-3)22-34-19-10-6-9-18-33(34,23-35)32(36)39-4/h5,7-8,11-17,20-21,35H,6,9-10,18-19,22-23H2,1-4H3/b17-16+. The van der Waals surface area contributed by atoms with Crippen LogP contribution in [0.2, 0.25) is 0 Å². The topological polar surface area (TPSA) is 68.2 Å². The first-order valence-corrected chi connectivity index (χ1v) is 13.5. The van der Waals surface area contributed by atoms with Crippen LogP contribution in [0.4, 0.5) is 0 Å². The molecule has 0 spiro atoms. The summed E-state index contributed by atoms with van der Waals surface area (Å²) in [5, 5.41) is 10.4. The number of aliphatic hydroxyl groups excluding tert-OH is 1. The molecule has 6 nitrogen and oxygen atoms in total. The Hall–Kier alpha value is -3.61. The van der Waals surface area contributed by atoms with Crippen molar-refractivity contribution in [1.29, 1.82) is 0 Å². The molecule has 1 aliphatic rings. The summed E-state index contributed by atoms with van der Waals surface area (Å²) in [4.78, 5) is 14.9. The van der Waals surface area contributed by atoms with Crippen molar-refractivity contribution in [3.8, 4) is 22.6 Å². The largest absolute Gasteiger partial charge is 0.496 e. The molecule has 1 heterocycles. The molecule has 0 aliphatic carbocycles. The first kappa shape index (κ1) is 28.4. The predicted octanol–water partition coefficient (Wildman–Crippen LogP) is 6.13. The van der Waals surface area contributed by atoms with E-state index in [1.165, 1.54) is 23.8 Å². The number of carbonyl (C=O) groups is 1. The highest BCUT2D eigenvalue weighted by Crippen LogP contribution is 2.37. The summed E-state index contributed by atoms with van der Waals surface area (Å²) >= 11 is 0. The van der Waals surface area contributed by atoms with Crippen molar-refractivity contribution in [1.82, 2.24) is 4.90 Å². The van der Waals surface area contributed by atoms with Crippen molar-refractivity contribution in [2.75, 3.05) is 34.5 Å². The normalized spacial score (nSPS) is 18.1. The Morgan fingerprint density at radius 3 is 2.31 bits per heavy atom. The van der Waals surface area contributed by atoms with Crippen LogP contribution in [0.3, 0.4) is 0 Å². The van der Waals surface area contributed by atoms with Gasteiger partial charge in [-0.25, -0.2) is 4.79 Å². The molecule has 0 amide bonds. The summed E-state index contributed by atoms with van der Waals surface area (Å²) < 4.78 is 16.8. The molecule has 4 rings (SSSR count). The highest BCUT2D eigenvalue weighted by atomic mass is 16.5. The number of carbonyl (C=O) groups excluding carboxylic acids is 1. The summed E-state index contributed by atoms with van der Waals surface area (Å²) in [6.45, 7) is 2.90. The summed E-state index contributed by atoms with van der Waals surface area (Å²) in [5.41, 5.74) is 5.43. The number of benzene rings is 3. The quantitative estimate of drug-likeness (QED) is 0.266. The molecule has 3 aromatic rings. The van der Waals surface area contributed by atoms with Gasteiger partial charge in [0.25, 0.3) is 0 Å². The molecule has 0 radical (unpaired) electrons. The fraction of sp³-hybridized carbons (Fsp3) is 0.364. The van der Waals surface area contributed by atoms with E-state index in [0.29, 0.717) is 31.0 Å². The lowest BCUT2D eigenvalue weighted by molar-refractivity contribution is -0.159. The van der Waals surface area contributed by atoms with Crippen LogP contribution in [0.25, 0.3) is 23.3 Å². The third kappa shape index (κ3) is 6.02. The second kappa shape index (κ2) is 13.0. The van der Waals surface area contributed by atoms with Gasteiger partial charge in [-0.2, -0.15) is 0 Å². The van der Waals surface area contributed by atoms with Crippen molar-refractivity contribution in [2.45, 2.75) is 44.7 Å². The van der Waals surface area contributed by atoms with E-state index in [0.717, 1.165) is 36.0 Å². The Labute approximate surface area is 231 Å². The van der Waals surface area contributed by atoms with Crippen LogP contribution in [0, 0.1) is 6.92 Å². The van der Waals surface area contributed by atoms with E-state index in [-0.39, 0.29) is 6.61 Å². The van der Waals surface area contributed by atoms with Gasteiger partial charge in [-0.1, -0.05) is 73.5 Å². The second-order valence-electron chi connectivity index (χ2n) is 10.0. The molecule has 0 bridgehead atoms. The number of likely N-dealkylation sites (tertiary alicyclic amines) is 1. The molecule has 1 saturated heterocycles. The van der Waals surface area contributed by atoms with Gasteiger partial charge in [0.1, 0.15) is 17.0 Å². The van der Waals surface area contributed by atoms with Gasteiger partial charge in [0, 0.05) is 6.54 Å². The van der Waals surface area contributed by atoms with Gasteiger partial charge in [0.05, 0.1) is 33.5 Å². The number of ether oxygens (including phenoxy) is 3. The van der Waals surface area contributed by atoms with Crippen LogP contribution in [-0.2, 0) is 16.1 Å². The lowest BCUT2D eigenvalue weighted by Gasteiger charge is -2.39. The maximum absolute atomic E-state index is 12.9. The molecule has 3 aromatic carbocycles. The third-order valence-corrected chi connectivity index (χ3v) is 7.85. The minimum Gasteiger partial charge on any atom is -0.496 e. The van der Waals surface area contributed by atoms with Crippen LogP contribution < -0.4 is 9.47 Å². The summed E-state index contributed by atoms with van der Waals surface area (Å²) in [7, 11) is 4.66. The fourth-order valence-electron chi connectivity index (χ4n) is 5.56. The summed E-state index contributed by atoms with van der Waals surface area (Å²) in [6, 6.07) is 20.7. The van der Waals surface area contributed by atoms with Crippen molar-refractivity contribution in [2.24, 2.45) is 0 Å². The molecular weight excluding hydrogens is 490 g/mol. The Morgan fingerprint density at radius 2 is 1.67 bits per heavy atom. The van der Waals surface area contributed by atoms with Gasteiger partial charge in [0.15, 0.2) is 0 Å². The van der Waals surface area contributed by atoms with Crippen LogP contribution in [0.1, 0.15) is 47.9 Å². The van der Waals surface area contributed by atoms with Crippen molar-refractivity contribution in [3.63, 3.8) is 0 Å². The first-order chi connectivity index (χ1) is 19.0. The molecule has 206 valence electrons. The average Bonchev–Trinajstić information content (AvgIpc) is 3.19. The molecule has 0 aromatic heterocycles. The highest BCUT2D eigenvalue weighted by molar-refractivity contribution is 5.81. The van der Waals surface area contributed by atoms with E-state index in [4.69, 9.17) is 14.2 Å². The molecule has 1 aliphatic heterocycles. The molecule has 1 fully saturated rings. The van der Waals surface area contributed by atoms with Gasteiger partial charge in [-0.05, 0) is 66.3 Å². The maximum Gasteiger partial charge on any atom is 0.328 e. The molecular formula is C33H39NO5. The van der Waals surface area contributed by atoms with Gasteiger partial charge >= 0.3 is 5.97 Å². The summed E-state index contributed by atoms with van der Waals surface area (Å²) in [6.07, 6.45) is 7.50. The van der Waals surface area contributed by atoms with Gasteiger partial charge in [0.2, 0.25) is 0 Å². The molecule has 1 unspecified atom stereocenters. The number of hydrogen-bond donors (Lipinski definition) is 1. The van der Waals surface area contributed by atoms with Crippen molar-refractivity contribution >= 4 is 18.1 Å². The van der Waals surface area contributed by atoms with Crippen LogP contribution >= 0.6 is 0 Å². The fourth-order valence-corrected chi connectivity index (χ4v) is 5.56. The molecule has 39 heavy (non-hydrogen) atoms. The Morgan fingerprint density at radius 1 is 0.949 bits per heavy atom. The maximum atomic E-state index is 12.9. The zero-order valence-corrected chi connectivity index (χ0v) is 23.4. The number of rotatable bonds is 9. The zero-order chi connectivity index (χ0) is 27.8. The van der Waals surface area contributed by atoms with Gasteiger partial charge in [-0.3, -0.25) is 4.90 Å². The number of methoxy groups -OCH3 is 3. The molecule has 1 atom stereocenters. The minimum absolute atomic E-state index is 0.299. The van der Waals surface area contributed by atoms with E-state index in [2.05, 4.69) is 61.5 Å². The molecule has 0 saturated carbocycles. The molecule has 1 N–H and O–H groups in total. The predicted molar refractivity (Wildman–Crippen MR) is 156 cm³/mol. The number of nitrogens with zero attached hydrogens (tertiary/aromatic N) is 1. The van der Waals surface area contributed by atoms with Crippen molar-refractivity contribution in [3.05, 3.63) is 82.9 Å². The Kier molecular flexibility index (Phi) is 9.44. The third-order valence-electron chi connectivity index (χ3n) is 7.85. The second-order valence-corrected chi connectivity index (χ2v) is 10.0. The van der Waals surface area contributed by atoms with E-state index in [1.807, 2.05) is 23.1 Å². The molecule has 6 heteroatoms. The van der Waals surface area contributed by atoms with Gasteiger partial charge < -0.3 is 19.3 Å². The zero-order valence-electron chi connectivity index (χ0n) is 23.4. The number of hydrogen-bond acceptors (Lipinski definition) is 6. The smallest absolute Gasteiger partial charge is 0.328 e. The first-order valence-electron chi connectivity index (χ1n) is 13.5. The van der Waals surface area contributed by atoms with Crippen molar-refractivity contribution < 1.29 is 24.1 Å². The Bertz CT molecular complexity index is 1280. The summed E-state index contributed by atoms with van der Waals surface area (Å²) in [5.74, 6) is 0.937. The van der Waals surface area contributed by atoms with Crippen LogP contribution in [0.15, 0.2) is 60.7 Å². The Balaban J connectivity index is 1.67. The van der Waals surface area contributed by atoms with Crippen LogP contribution in [0.5, 0.6) is 11.5 Å². The number of aliphatic hydroxyl groups is 1. The highest BCUT2D eigenvalue weighted by Gasteiger charge is 2.45. The number of esters is 1. The lowest BCUT2D eigenvalue weighted by atomic mass is 9.91. The minimum atomic E-state index is -1.08. The van der Waals surface area contributed by atoms with Gasteiger partial charge in [-0.15, -0.1) is 0 Å².